The second-order valence-electron chi connectivity index (χ2n) is 5.10. The molecule has 0 aromatic rings. The van der Waals surface area contributed by atoms with Crippen molar-refractivity contribution in [1.29, 1.82) is 0 Å². The number of amides is 1. The van der Waals surface area contributed by atoms with E-state index in [-0.39, 0.29) is 5.91 Å². The van der Waals surface area contributed by atoms with Gasteiger partial charge in [0.25, 0.3) is 0 Å². The van der Waals surface area contributed by atoms with Crippen LogP contribution in [0.5, 0.6) is 0 Å². The topological polar surface area (TPSA) is 35.6 Å². The zero-order valence-electron chi connectivity index (χ0n) is 11.2. The normalized spacial score (nSPS) is 23.6. The second kappa shape index (κ2) is 5.15. The summed E-state index contributed by atoms with van der Waals surface area (Å²) in [5.74, 6) is 0.206. The molecule has 1 saturated heterocycles. The number of hydrogen-bond donors (Lipinski definition) is 1. The Hall–Kier alpha value is -0.610. The molecule has 0 aromatic carbocycles. The maximum Gasteiger partial charge on any atom is 0.242 e. The van der Waals surface area contributed by atoms with Gasteiger partial charge in [-0.1, -0.05) is 6.92 Å². The lowest BCUT2D eigenvalue weighted by Gasteiger charge is -2.42. The zero-order valence-corrected chi connectivity index (χ0v) is 11.2. The van der Waals surface area contributed by atoms with E-state index in [2.05, 4.69) is 24.1 Å². The molecule has 1 unspecified atom stereocenters. The Bertz CT molecular complexity index is 253. The SMILES string of the molecule is CCN1CCN(C(=O)C(C)(C)NC)CC1C. The van der Waals surface area contributed by atoms with Crippen molar-refractivity contribution in [3.05, 3.63) is 0 Å². The molecule has 1 rings (SSSR count). The number of piperazine rings is 1. The number of rotatable bonds is 3. The Balaban J connectivity index is 2.61. The molecule has 16 heavy (non-hydrogen) atoms. The molecule has 0 radical (unpaired) electrons. The van der Waals surface area contributed by atoms with Crippen LogP contribution >= 0.6 is 0 Å². The van der Waals surface area contributed by atoms with Crippen molar-refractivity contribution in [3.8, 4) is 0 Å². The van der Waals surface area contributed by atoms with Crippen LogP contribution in [0.2, 0.25) is 0 Å². The molecule has 1 atom stereocenters. The maximum atomic E-state index is 12.2. The van der Waals surface area contributed by atoms with Crippen molar-refractivity contribution in [1.82, 2.24) is 15.1 Å². The average Bonchev–Trinajstić information content (AvgIpc) is 2.27. The predicted octanol–water partition coefficient (Wildman–Crippen LogP) is 0.537. The van der Waals surface area contributed by atoms with E-state index in [1.165, 1.54) is 0 Å². The number of carbonyl (C=O) groups is 1. The highest BCUT2D eigenvalue weighted by Gasteiger charge is 2.33. The van der Waals surface area contributed by atoms with Crippen LogP contribution in [0.15, 0.2) is 0 Å². The fourth-order valence-electron chi connectivity index (χ4n) is 2.15. The van der Waals surface area contributed by atoms with Crippen LogP contribution in [0.1, 0.15) is 27.7 Å². The van der Waals surface area contributed by atoms with E-state index in [1.54, 1.807) is 0 Å². The van der Waals surface area contributed by atoms with E-state index >= 15 is 0 Å². The summed E-state index contributed by atoms with van der Waals surface area (Å²) in [5, 5.41) is 3.07. The van der Waals surface area contributed by atoms with Gasteiger partial charge in [0.05, 0.1) is 5.54 Å². The number of likely N-dealkylation sites (N-methyl/N-ethyl adjacent to an activating group) is 2. The Labute approximate surface area is 99.0 Å². The van der Waals surface area contributed by atoms with Gasteiger partial charge in [0.2, 0.25) is 5.91 Å². The van der Waals surface area contributed by atoms with Crippen LogP contribution in [0.3, 0.4) is 0 Å². The van der Waals surface area contributed by atoms with Gasteiger partial charge >= 0.3 is 0 Å². The van der Waals surface area contributed by atoms with Gasteiger partial charge in [0.15, 0.2) is 0 Å². The zero-order chi connectivity index (χ0) is 12.3. The number of hydrogen-bond acceptors (Lipinski definition) is 3. The summed E-state index contributed by atoms with van der Waals surface area (Å²) in [4.78, 5) is 16.6. The van der Waals surface area contributed by atoms with Crippen molar-refractivity contribution >= 4 is 5.91 Å². The lowest BCUT2D eigenvalue weighted by molar-refractivity contribution is -0.139. The molecule has 0 bridgehead atoms. The first-order chi connectivity index (χ1) is 7.42. The molecule has 1 aliphatic heterocycles. The van der Waals surface area contributed by atoms with Gasteiger partial charge in [-0.2, -0.15) is 0 Å². The first-order valence-electron chi connectivity index (χ1n) is 6.14. The highest BCUT2D eigenvalue weighted by atomic mass is 16.2. The molecule has 0 aliphatic carbocycles. The third kappa shape index (κ3) is 2.74. The molecule has 0 saturated carbocycles. The molecule has 1 fully saturated rings. The van der Waals surface area contributed by atoms with E-state index < -0.39 is 5.54 Å². The third-order valence-corrected chi connectivity index (χ3v) is 3.62. The van der Waals surface area contributed by atoms with E-state index in [1.807, 2.05) is 25.8 Å². The summed E-state index contributed by atoms with van der Waals surface area (Å²) in [7, 11) is 1.84. The van der Waals surface area contributed by atoms with Crippen LogP contribution in [0.4, 0.5) is 0 Å². The minimum absolute atomic E-state index is 0.206. The lowest BCUT2D eigenvalue weighted by atomic mass is 10.0. The Morgan fingerprint density at radius 1 is 1.44 bits per heavy atom. The molecule has 0 spiro atoms. The molecule has 1 heterocycles. The van der Waals surface area contributed by atoms with E-state index in [4.69, 9.17) is 0 Å². The maximum absolute atomic E-state index is 12.2. The predicted molar refractivity (Wildman–Crippen MR) is 66.4 cm³/mol. The largest absolute Gasteiger partial charge is 0.338 e. The summed E-state index contributed by atoms with van der Waals surface area (Å²) in [5.41, 5.74) is -0.450. The highest BCUT2D eigenvalue weighted by Crippen LogP contribution is 2.14. The fraction of sp³-hybridized carbons (Fsp3) is 0.917. The van der Waals surface area contributed by atoms with Crippen molar-refractivity contribution in [3.63, 3.8) is 0 Å². The highest BCUT2D eigenvalue weighted by molar-refractivity contribution is 5.85. The summed E-state index contributed by atoms with van der Waals surface area (Å²) in [6.07, 6.45) is 0. The van der Waals surface area contributed by atoms with Crippen LogP contribution in [-0.4, -0.2) is 60.5 Å². The fourth-order valence-corrected chi connectivity index (χ4v) is 2.15. The van der Waals surface area contributed by atoms with Crippen LogP contribution in [-0.2, 0) is 4.79 Å². The molecule has 4 nitrogen and oxygen atoms in total. The smallest absolute Gasteiger partial charge is 0.242 e. The summed E-state index contributed by atoms with van der Waals surface area (Å²) in [6.45, 7) is 12.0. The van der Waals surface area contributed by atoms with Crippen LogP contribution < -0.4 is 5.32 Å². The van der Waals surface area contributed by atoms with Gasteiger partial charge in [-0.15, -0.1) is 0 Å². The van der Waals surface area contributed by atoms with Crippen molar-refractivity contribution in [2.45, 2.75) is 39.3 Å². The molecule has 1 amide bonds. The third-order valence-electron chi connectivity index (χ3n) is 3.62. The van der Waals surface area contributed by atoms with Gasteiger partial charge in [0, 0.05) is 25.7 Å². The van der Waals surface area contributed by atoms with Crippen molar-refractivity contribution < 1.29 is 4.79 Å². The van der Waals surface area contributed by atoms with Crippen LogP contribution in [0.25, 0.3) is 0 Å². The Kier molecular flexibility index (Phi) is 4.33. The number of carbonyl (C=O) groups excluding carboxylic acids is 1. The van der Waals surface area contributed by atoms with E-state index in [0.29, 0.717) is 6.04 Å². The van der Waals surface area contributed by atoms with Gasteiger partial charge in [-0.3, -0.25) is 9.69 Å². The van der Waals surface area contributed by atoms with Gasteiger partial charge in [-0.25, -0.2) is 0 Å². The molecule has 4 heteroatoms. The van der Waals surface area contributed by atoms with Gasteiger partial charge < -0.3 is 10.2 Å². The molecule has 1 aliphatic rings. The average molecular weight is 227 g/mol. The van der Waals surface area contributed by atoms with E-state index in [0.717, 1.165) is 26.2 Å². The Morgan fingerprint density at radius 3 is 2.50 bits per heavy atom. The molecule has 0 aromatic heterocycles. The Morgan fingerprint density at radius 2 is 2.06 bits per heavy atom. The summed E-state index contributed by atoms with van der Waals surface area (Å²) in [6, 6.07) is 0.468. The molecule has 94 valence electrons. The molecule has 1 N–H and O–H groups in total. The minimum Gasteiger partial charge on any atom is -0.338 e. The van der Waals surface area contributed by atoms with Crippen molar-refractivity contribution in [2.24, 2.45) is 0 Å². The summed E-state index contributed by atoms with van der Waals surface area (Å²) >= 11 is 0. The number of nitrogens with one attached hydrogen (secondary N) is 1. The lowest BCUT2D eigenvalue weighted by Crippen LogP contribution is -2.60. The second-order valence-corrected chi connectivity index (χ2v) is 5.10. The van der Waals surface area contributed by atoms with E-state index in [9.17, 15) is 4.79 Å². The van der Waals surface area contributed by atoms with Gasteiger partial charge in [-0.05, 0) is 34.4 Å². The van der Waals surface area contributed by atoms with Gasteiger partial charge in [0.1, 0.15) is 0 Å². The number of nitrogens with zero attached hydrogens (tertiary/aromatic N) is 2. The van der Waals surface area contributed by atoms with Crippen LogP contribution in [0, 0.1) is 0 Å². The summed E-state index contributed by atoms with van der Waals surface area (Å²) < 4.78 is 0. The quantitative estimate of drug-likeness (QED) is 0.764. The first kappa shape index (κ1) is 13.5. The van der Waals surface area contributed by atoms with Crippen molar-refractivity contribution in [2.75, 3.05) is 33.2 Å². The standard InChI is InChI=1S/C12H25N3O/c1-6-14-7-8-15(9-10(14)2)11(16)12(3,4)13-5/h10,13H,6-9H2,1-5H3. The monoisotopic (exact) mass is 227 g/mol. The minimum atomic E-state index is -0.450. The first-order valence-corrected chi connectivity index (χ1v) is 6.14. The molecular weight excluding hydrogens is 202 g/mol. The molecular formula is C12H25N3O.